The summed E-state index contributed by atoms with van der Waals surface area (Å²) in [5, 5.41) is 1.17. The molecule has 1 saturated carbocycles. The summed E-state index contributed by atoms with van der Waals surface area (Å²) in [6, 6.07) is 16.2. The predicted octanol–water partition coefficient (Wildman–Crippen LogP) is 5.58. The molecule has 1 nitrogen and oxygen atoms in total. The molecule has 34 heavy (non-hydrogen) atoms. The lowest BCUT2D eigenvalue weighted by Gasteiger charge is -2.21. The van der Waals surface area contributed by atoms with Gasteiger partial charge in [0.2, 0.25) is 5.52 Å². The normalized spacial score (nSPS) is 14.8. The van der Waals surface area contributed by atoms with Crippen LogP contribution in [0.3, 0.4) is 0 Å². The van der Waals surface area contributed by atoms with E-state index in [4.69, 9.17) is 0 Å². The molecule has 1 heterocycles. The quantitative estimate of drug-likeness (QED) is 0.135. The number of nitrogens with zero attached hydrogens (tertiary/aromatic N) is 1. The number of thioether (sulfide) groups is 1. The third-order valence-corrected chi connectivity index (χ3v) is 7.76. The number of rotatable bonds is 9. The minimum atomic E-state index is -4.30. The first-order valence-corrected chi connectivity index (χ1v) is 13.2. The minimum Gasteiger partial charge on any atom is -1.00 e. The van der Waals surface area contributed by atoms with Crippen LogP contribution in [0.5, 0.6) is 0 Å². The highest BCUT2D eigenvalue weighted by atomic mass is 127. The van der Waals surface area contributed by atoms with Crippen LogP contribution in [0.4, 0.5) is 13.2 Å². The summed E-state index contributed by atoms with van der Waals surface area (Å²) in [5.74, 6) is 1.46. The molecule has 0 bridgehead atoms. The first-order chi connectivity index (χ1) is 16.0. The summed E-state index contributed by atoms with van der Waals surface area (Å²) >= 11 is 1.60. The molecule has 1 aliphatic rings. The molecule has 4 rings (SSSR count). The molecule has 0 unspecified atom stereocenters. The molecule has 184 valence electrons. The second-order valence-corrected chi connectivity index (χ2v) is 10.3. The van der Waals surface area contributed by atoms with Crippen molar-refractivity contribution in [3.63, 3.8) is 0 Å². The highest BCUT2D eigenvalue weighted by Crippen LogP contribution is 2.32. The highest BCUT2D eigenvalue weighted by Gasteiger charge is 2.30. The third-order valence-electron chi connectivity index (χ3n) is 6.72. The van der Waals surface area contributed by atoms with Crippen molar-refractivity contribution in [2.45, 2.75) is 81.2 Å². The smallest absolute Gasteiger partial charge is 0.416 e. The van der Waals surface area contributed by atoms with Crippen molar-refractivity contribution in [3.05, 3.63) is 71.9 Å². The van der Waals surface area contributed by atoms with E-state index in [9.17, 15) is 13.2 Å². The van der Waals surface area contributed by atoms with Gasteiger partial charge in [0.1, 0.15) is 6.54 Å². The van der Waals surface area contributed by atoms with Crippen LogP contribution < -0.4 is 28.5 Å². The maximum Gasteiger partial charge on any atom is 0.416 e. The van der Waals surface area contributed by atoms with Crippen molar-refractivity contribution in [3.8, 4) is 0 Å². The fourth-order valence-corrected chi connectivity index (χ4v) is 5.85. The van der Waals surface area contributed by atoms with Crippen LogP contribution in [-0.2, 0) is 18.5 Å². The number of hydrogen-bond acceptors (Lipinski definition) is 1. The van der Waals surface area contributed by atoms with Crippen LogP contribution in [0.1, 0.15) is 68.9 Å². The van der Waals surface area contributed by atoms with Gasteiger partial charge in [-0.3, -0.25) is 0 Å². The molecule has 0 aliphatic heterocycles. The van der Waals surface area contributed by atoms with E-state index in [1.165, 1.54) is 74.4 Å². The van der Waals surface area contributed by atoms with Gasteiger partial charge in [-0.05, 0) is 36.1 Å². The molecule has 1 aliphatic carbocycles. The summed E-state index contributed by atoms with van der Waals surface area (Å²) in [6.07, 6.45) is 10.0. The van der Waals surface area contributed by atoms with Crippen molar-refractivity contribution >= 4 is 22.7 Å². The zero-order valence-electron chi connectivity index (χ0n) is 19.5. The zero-order chi connectivity index (χ0) is 23.1. The molecule has 1 aromatic heterocycles. The number of alkyl halides is 3. The number of aromatic nitrogens is 1. The topological polar surface area (TPSA) is 3.88 Å². The van der Waals surface area contributed by atoms with Crippen molar-refractivity contribution in [1.82, 2.24) is 0 Å². The Labute approximate surface area is 222 Å². The molecule has 0 spiro atoms. The fraction of sp³-hybridized carbons (Fsp3) is 0.464. The van der Waals surface area contributed by atoms with E-state index in [0.29, 0.717) is 11.3 Å². The van der Waals surface area contributed by atoms with E-state index in [1.54, 1.807) is 17.8 Å². The van der Waals surface area contributed by atoms with Crippen molar-refractivity contribution < 1.29 is 41.7 Å². The van der Waals surface area contributed by atoms with Crippen LogP contribution >= 0.6 is 11.8 Å². The van der Waals surface area contributed by atoms with Gasteiger partial charge in [-0.1, -0.05) is 75.3 Å². The monoisotopic (exact) mass is 599 g/mol. The van der Waals surface area contributed by atoms with Gasteiger partial charge in [0.15, 0.2) is 6.20 Å². The fourth-order valence-electron chi connectivity index (χ4n) is 4.92. The summed E-state index contributed by atoms with van der Waals surface area (Å²) in [4.78, 5) is 1.09. The number of unbranched alkanes of at least 4 members (excludes halogenated alkanes) is 2. The van der Waals surface area contributed by atoms with Crippen molar-refractivity contribution in [2.75, 3.05) is 0 Å². The van der Waals surface area contributed by atoms with E-state index in [2.05, 4.69) is 35.0 Å². The van der Waals surface area contributed by atoms with E-state index < -0.39 is 11.7 Å². The van der Waals surface area contributed by atoms with Gasteiger partial charge in [-0.15, -0.1) is 11.8 Å². The zero-order valence-corrected chi connectivity index (χ0v) is 22.5. The molecular weight excluding hydrogens is 566 g/mol. The number of pyridine rings is 1. The predicted molar refractivity (Wildman–Crippen MR) is 130 cm³/mol. The van der Waals surface area contributed by atoms with Gasteiger partial charge in [-0.2, -0.15) is 17.7 Å². The summed E-state index contributed by atoms with van der Waals surface area (Å²) in [7, 11) is 0. The average molecular weight is 600 g/mol. The summed E-state index contributed by atoms with van der Waals surface area (Å²) < 4.78 is 41.4. The maximum atomic E-state index is 13.0. The summed E-state index contributed by atoms with van der Waals surface area (Å²) in [6.45, 7) is 0.975. The maximum absolute atomic E-state index is 13.0. The lowest BCUT2D eigenvalue weighted by molar-refractivity contribution is -0.673. The Kier molecular flexibility index (Phi) is 10.6. The SMILES string of the molecule is FC(F)(F)c1cccc(CSc2cc3ccccc3[n+](CCCCCC3CCCCC3)c2)c1.[I-]. The number of fused-ring (bicyclic) bond motifs is 1. The van der Waals surface area contributed by atoms with Gasteiger partial charge in [-0.25, -0.2) is 0 Å². The first kappa shape index (κ1) is 27.3. The third kappa shape index (κ3) is 7.87. The molecular formula is C28H33F3INS. The number of aryl methyl sites for hydroxylation is 1. The lowest BCUT2D eigenvalue weighted by atomic mass is 9.85. The molecule has 0 saturated heterocycles. The van der Waals surface area contributed by atoms with Gasteiger partial charge < -0.3 is 24.0 Å². The van der Waals surface area contributed by atoms with Gasteiger partial charge >= 0.3 is 6.18 Å². The van der Waals surface area contributed by atoms with Crippen LogP contribution in [0, 0.1) is 5.92 Å². The average Bonchev–Trinajstić information content (AvgIpc) is 2.83. The number of benzene rings is 2. The molecule has 1 fully saturated rings. The first-order valence-electron chi connectivity index (χ1n) is 12.2. The van der Waals surface area contributed by atoms with Gasteiger partial charge in [0.05, 0.1) is 10.5 Å². The van der Waals surface area contributed by atoms with Crippen LogP contribution in [0.25, 0.3) is 10.9 Å². The number of halogens is 4. The van der Waals surface area contributed by atoms with Crippen LogP contribution in [0.15, 0.2) is 65.7 Å². The minimum absolute atomic E-state index is 0. The Morgan fingerprint density at radius 3 is 2.47 bits per heavy atom. The van der Waals surface area contributed by atoms with Gasteiger partial charge in [0.25, 0.3) is 0 Å². The second-order valence-electron chi connectivity index (χ2n) is 9.27. The lowest BCUT2D eigenvalue weighted by Crippen LogP contribution is -3.00. The number of para-hydroxylation sites is 1. The molecule has 0 atom stereocenters. The van der Waals surface area contributed by atoms with Crippen molar-refractivity contribution in [1.29, 1.82) is 0 Å². The Bertz CT molecular complexity index is 1050. The number of hydrogen-bond donors (Lipinski definition) is 0. The van der Waals surface area contributed by atoms with E-state index in [-0.39, 0.29) is 24.0 Å². The Morgan fingerprint density at radius 1 is 0.882 bits per heavy atom. The summed E-state index contributed by atoms with van der Waals surface area (Å²) in [5.41, 5.74) is 1.33. The van der Waals surface area contributed by atoms with Crippen LogP contribution in [0.2, 0.25) is 0 Å². The Morgan fingerprint density at radius 2 is 1.68 bits per heavy atom. The second kappa shape index (κ2) is 13.1. The van der Waals surface area contributed by atoms with Crippen molar-refractivity contribution in [2.24, 2.45) is 5.92 Å². The van der Waals surface area contributed by atoms with E-state index in [0.717, 1.165) is 29.8 Å². The van der Waals surface area contributed by atoms with Crippen LogP contribution in [-0.4, -0.2) is 0 Å². The van der Waals surface area contributed by atoms with Gasteiger partial charge in [0, 0.05) is 23.6 Å². The molecule has 0 N–H and O–H groups in total. The molecule has 0 radical (unpaired) electrons. The van der Waals surface area contributed by atoms with E-state index in [1.807, 2.05) is 6.07 Å². The standard InChI is InChI=1S/C28H33F3NS.HI/c29-28(30,31)25-15-9-13-23(18-25)21-33-26-19-24-14-6-7-16-27(24)32(20-26)17-8-2-5-12-22-10-3-1-4-11-22;/h6-7,9,13-16,18-20,22H,1-5,8,10-12,17,21H2;1H/q+1;/p-1. The largest absolute Gasteiger partial charge is 1.00 e. The highest BCUT2D eigenvalue weighted by molar-refractivity contribution is 7.98. The molecule has 6 heteroatoms. The molecule has 0 amide bonds. The molecule has 2 aromatic carbocycles. The Hall–Kier alpha value is -1.28. The molecule has 3 aromatic rings. The Balaban J connectivity index is 0.00000324. The van der Waals surface area contributed by atoms with E-state index >= 15 is 0 Å².